The van der Waals surface area contributed by atoms with Crippen LogP contribution in [0.4, 0.5) is 5.69 Å². The summed E-state index contributed by atoms with van der Waals surface area (Å²) in [6.45, 7) is 2.91. The third kappa shape index (κ3) is 2.66. The van der Waals surface area contributed by atoms with Crippen molar-refractivity contribution < 1.29 is 14.6 Å². The van der Waals surface area contributed by atoms with Crippen LogP contribution in [-0.4, -0.2) is 36.5 Å². The minimum atomic E-state index is -0.800. The second-order valence-corrected chi connectivity index (χ2v) is 5.52. The van der Waals surface area contributed by atoms with Gasteiger partial charge in [-0.05, 0) is 18.2 Å². The zero-order valence-corrected chi connectivity index (χ0v) is 10.7. The lowest BCUT2D eigenvalue weighted by atomic mass is 10.2. The molecule has 0 saturated carbocycles. The quantitative estimate of drug-likeness (QED) is 0.893. The third-order valence-electron chi connectivity index (χ3n) is 2.64. The Morgan fingerprint density at radius 1 is 1.65 bits per heavy atom. The summed E-state index contributed by atoms with van der Waals surface area (Å²) in [5, 5.41) is 9.29. The van der Waals surface area contributed by atoms with Gasteiger partial charge in [0.05, 0.1) is 12.8 Å². The number of ether oxygens (including phenoxy) is 1. The maximum absolute atomic E-state index is 10.8. The van der Waals surface area contributed by atoms with Crippen LogP contribution in [0.3, 0.4) is 0 Å². The summed E-state index contributed by atoms with van der Waals surface area (Å²) >= 11 is 1.76. The van der Waals surface area contributed by atoms with Crippen LogP contribution in [0.2, 0.25) is 0 Å². The van der Waals surface area contributed by atoms with Crippen molar-refractivity contribution in [3.8, 4) is 5.75 Å². The first kappa shape index (κ1) is 12.1. The van der Waals surface area contributed by atoms with E-state index in [-0.39, 0.29) is 6.54 Å². The summed E-state index contributed by atoms with van der Waals surface area (Å²) in [5.74, 6) is 0.00601. The summed E-state index contributed by atoms with van der Waals surface area (Å²) < 4.78 is 5.18. The molecule has 1 aliphatic heterocycles. The maximum Gasteiger partial charge on any atom is 0.323 e. The van der Waals surface area contributed by atoms with Gasteiger partial charge in [0.15, 0.2) is 0 Å². The molecule has 0 saturated heterocycles. The first-order valence-electron chi connectivity index (χ1n) is 5.41. The molecule has 1 N–H and O–H groups in total. The summed E-state index contributed by atoms with van der Waals surface area (Å²) in [6.07, 6.45) is 0. The average Bonchev–Trinajstić information content (AvgIpc) is 2.27. The van der Waals surface area contributed by atoms with E-state index in [0.717, 1.165) is 22.9 Å². The summed E-state index contributed by atoms with van der Waals surface area (Å²) in [5.41, 5.74) is 0.983. The molecular weight excluding hydrogens is 238 g/mol. The number of aliphatic carboxylic acids is 1. The van der Waals surface area contributed by atoms with Crippen LogP contribution < -0.4 is 9.64 Å². The van der Waals surface area contributed by atoms with E-state index in [1.54, 1.807) is 18.9 Å². The number of carboxylic acids is 1. The number of rotatable bonds is 3. The van der Waals surface area contributed by atoms with Gasteiger partial charge >= 0.3 is 5.97 Å². The van der Waals surface area contributed by atoms with Gasteiger partial charge in [-0.2, -0.15) is 0 Å². The van der Waals surface area contributed by atoms with Gasteiger partial charge in [-0.3, -0.25) is 4.79 Å². The molecule has 0 spiro atoms. The molecule has 1 atom stereocenters. The predicted octanol–water partition coefficient (Wildman–Crippen LogP) is 2.08. The van der Waals surface area contributed by atoms with Crippen molar-refractivity contribution in [2.45, 2.75) is 17.1 Å². The second-order valence-electron chi connectivity index (χ2n) is 4.04. The number of carbonyl (C=O) groups is 1. The van der Waals surface area contributed by atoms with Crippen molar-refractivity contribution in [2.75, 3.05) is 25.1 Å². The third-order valence-corrected chi connectivity index (χ3v) is 3.77. The topological polar surface area (TPSA) is 49.8 Å². The maximum atomic E-state index is 10.8. The van der Waals surface area contributed by atoms with Crippen LogP contribution in [0.25, 0.3) is 0 Å². The highest BCUT2D eigenvalue weighted by Crippen LogP contribution is 2.40. The molecule has 5 heteroatoms. The van der Waals surface area contributed by atoms with Crippen LogP contribution in [0.1, 0.15) is 6.92 Å². The molecule has 4 nitrogen and oxygen atoms in total. The van der Waals surface area contributed by atoms with Crippen molar-refractivity contribution in [1.29, 1.82) is 0 Å². The van der Waals surface area contributed by atoms with E-state index < -0.39 is 5.97 Å². The van der Waals surface area contributed by atoms with E-state index in [1.807, 2.05) is 23.1 Å². The van der Waals surface area contributed by atoms with Gasteiger partial charge in [0.25, 0.3) is 0 Å². The molecule has 0 aromatic heterocycles. The van der Waals surface area contributed by atoms with Crippen molar-refractivity contribution in [1.82, 2.24) is 0 Å². The Morgan fingerprint density at radius 3 is 3.06 bits per heavy atom. The Hall–Kier alpha value is -1.36. The van der Waals surface area contributed by atoms with Gasteiger partial charge in [0, 0.05) is 16.7 Å². The molecular formula is C12H15NO3S. The number of methoxy groups -OCH3 is 1. The fourth-order valence-corrected chi connectivity index (χ4v) is 3.14. The molecule has 0 amide bonds. The minimum Gasteiger partial charge on any atom is -0.497 e. The van der Waals surface area contributed by atoms with Crippen molar-refractivity contribution in [3.63, 3.8) is 0 Å². The van der Waals surface area contributed by atoms with Gasteiger partial charge in [-0.15, -0.1) is 11.8 Å². The standard InChI is InChI=1S/C12H15NO3S/c1-8-6-13(7-12(14)15)10-4-3-9(16-2)5-11(10)17-8/h3-5,8H,6-7H2,1-2H3,(H,14,15). The Bertz CT molecular complexity index is 436. The van der Waals surface area contributed by atoms with Crippen LogP contribution in [0.15, 0.2) is 23.1 Å². The highest BCUT2D eigenvalue weighted by Gasteiger charge is 2.24. The molecule has 0 bridgehead atoms. The Kier molecular flexibility index (Phi) is 3.47. The largest absolute Gasteiger partial charge is 0.497 e. The number of fused-ring (bicyclic) bond motifs is 1. The van der Waals surface area contributed by atoms with Crippen molar-refractivity contribution in [2.24, 2.45) is 0 Å². The first-order valence-corrected chi connectivity index (χ1v) is 6.29. The molecule has 1 aliphatic rings. The molecule has 0 aliphatic carbocycles. The van der Waals surface area contributed by atoms with E-state index >= 15 is 0 Å². The van der Waals surface area contributed by atoms with E-state index in [0.29, 0.717) is 5.25 Å². The zero-order chi connectivity index (χ0) is 12.4. The van der Waals surface area contributed by atoms with Gasteiger partial charge in [-0.1, -0.05) is 6.92 Å². The predicted molar refractivity (Wildman–Crippen MR) is 68.2 cm³/mol. The van der Waals surface area contributed by atoms with Gasteiger partial charge in [0.2, 0.25) is 0 Å². The normalized spacial score (nSPS) is 18.7. The molecule has 1 unspecified atom stereocenters. The lowest BCUT2D eigenvalue weighted by Crippen LogP contribution is -2.37. The molecule has 1 aromatic carbocycles. The van der Waals surface area contributed by atoms with E-state index in [9.17, 15) is 4.79 Å². The lowest BCUT2D eigenvalue weighted by Gasteiger charge is -2.33. The number of anilines is 1. The zero-order valence-electron chi connectivity index (χ0n) is 9.84. The highest BCUT2D eigenvalue weighted by molar-refractivity contribution is 8.00. The molecule has 1 heterocycles. The first-order chi connectivity index (χ1) is 8.10. The van der Waals surface area contributed by atoms with E-state index in [1.165, 1.54) is 0 Å². The average molecular weight is 253 g/mol. The summed E-state index contributed by atoms with van der Waals surface area (Å²) in [6, 6.07) is 5.75. The highest BCUT2D eigenvalue weighted by atomic mass is 32.2. The fourth-order valence-electron chi connectivity index (χ4n) is 1.95. The lowest BCUT2D eigenvalue weighted by molar-refractivity contribution is -0.135. The monoisotopic (exact) mass is 253 g/mol. The number of hydrogen-bond donors (Lipinski definition) is 1. The second kappa shape index (κ2) is 4.87. The number of benzene rings is 1. The molecule has 92 valence electrons. The number of carboxylic acid groups (broad SMARTS) is 1. The summed E-state index contributed by atoms with van der Waals surface area (Å²) in [7, 11) is 1.63. The van der Waals surface area contributed by atoms with Crippen molar-refractivity contribution in [3.05, 3.63) is 18.2 Å². The smallest absolute Gasteiger partial charge is 0.323 e. The van der Waals surface area contributed by atoms with Crippen LogP contribution in [0, 0.1) is 0 Å². The van der Waals surface area contributed by atoms with Gasteiger partial charge in [-0.25, -0.2) is 0 Å². The molecule has 1 aromatic rings. The van der Waals surface area contributed by atoms with E-state index in [4.69, 9.17) is 9.84 Å². The molecule has 0 fully saturated rings. The van der Waals surface area contributed by atoms with Crippen LogP contribution >= 0.6 is 11.8 Å². The fraction of sp³-hybridized carbons (Fsp3) is 0.417. The van der Waals surface area contributed by atoms with Crippen LogP contribution in [-0.2, 0) is 4.79 Å². The van der Waals surface area contributed by atoms with Crippen LogP contribution in [0.5, 0.6) is 5.75 Å². The SMILES string of the molecule is COc1ccc2c(c1)SC(C)CN2CC(=O)O. The molecule has 2 rings (SSSR count). The molecule has 0 radical (unpaired) electrons. The van der Waals surface area contributed by atoms with Gasteiger partial charge in [0.1, 0.15) is 12.3 Å². The van der Waals surface area contributed by atoms with E-state index in [2.05, 4.69) is 6.92 Å². The number of nitrogens with zero attached hydrogens (tertiary/aromatic N) is 1. The van der Waals surface area contributed by atoms with Crippen molar-refractivity contribution >= 4 is 23.4 Å². The Morgan fingerprint density at radius 2 is 2.41 bits per heavy atom. The Labute approximate surface area is 105 Å². The minimum absolute atomic E-state index is 0.0459. The number of hydrogen-bond acceptors (Lipinski definition) is 4. The molecule has 17 heavy (non-hydrogen) atoms. The summed E-state index contributed by atoms with van der Waals surface area (Å²) in [4.78, 5) is 13.8. The number of thioether (sulfide) groups is 1. The Balaban J connectivity index is 2.33. The van der Waals surface area contributed by atoms with Gasteiger partial charge < -0.3 is 14.7 Å².